The number of hydrogen-bond acceptors (Lipinski definition) is 6. The Balaban J connectivity index is 1.97. The summed E-state index contributed by atoms with van der Waals surface area (Å²) in [6, 6.07) is 1.45. The van der Waals surface area contributed by atoms with E-state index in [9.17, 15) is 13.2 Å². The molecule has 0 unspecified atom stereocenters. The van der Waals surface area contributed by atoms with Crippen LogP contribution in [0.15, 0.2) is 33.2 Å². The van der Waals surface area contributed by atoms with E-state index in [0.29, 0.717) is 15.9 Å². The van der Waals surface area contributed by atoms with Gasteiger partial charge in [-0.3, -0.25) is 4.98 Å². The summed E-state index contributed by atoms with van der Waals surface area (Å²) in [7, 11) is -3.64. The third-order valence-electron chi connectivity index (χ3n) is 2.39. The van der Waals surface area contributed by atoms with Crippen molar-refractivity contribution >= 4 is 43.3 Å². The Hall–Kier alpha value is -1.36. The molecule has 2 heterocycles. The van der Waals surface area contributed by atoms with Gasteiger partial charge in [0.15, 0.2) is 5.69 Å². The van der Waals surface area contributed by atoms with Gasteiger partial charge < -0.3 is 5.11 Å². The number of aromatic nitrogens is 2. The summed E-state index contributed by atoms with van der Waals surface area (Å²) in [5.74, 6) is -1.10. The first-order valence-corrected chi connectivity index (χ1v) is 8.82. The molecular formula is C11H10BrN3O4S2. The van der Waals surface area contributed by atoms with Crippen molar-refractivity contribution in [2.45, 2.75) is 11.3 Å². The van der Waals surface area contributed by atoms with E-state index < -0.39 is 16.0 Å². The van der Waals surface area contributed by atoms with Crippen LogP contribution in [0.2, 0.25) is 0 Å². The van der Waals surface area contributed by atoms with E-state index in [-0.39, 0.29) is 17.1 Å². The van der Waals surface area contributed by atoms with Gasteiger partial charge in [-0.2, -0.15) is 0 Å². The fraction of sp³-hybridized carbons (Fsp3) is 0.182. The van der Waals surface area contributed by atoms with E-state index in [1.54, 1.807) is 0 Å². The topological polar surface area (TPSA) is 109 Å². The number of nitrogens with zero attached hydrogens (tertiary/aromatic N) is 2. The molecule has 0 aromatic carbocycles. The molecule has 0 aliphatic carbocycles. The molecule has 0 fully saturated rings. The highest BCUT2D eigenvalue weighted by atomic mass is 79.9. The quantitative estimate of drug-likeness (QED) is 0.772. The van der Waals surface area contributed by atoms with Crippen molar-refractivity contribution in [1.29, 1.82) is 0 Å². The van der Waals surface area contributed by atoms with Crippen molar-refractivity contribution in [2.75, 3.05) is 6.54 Å². The SMILES string of the molecule is O=C(O)c1csc(CCNS(=O)(=O)c2cncc(Br)c2)n1. The van der Waals surface area contributed by atoms with Gasteiger partial charge >= 0.3 is 5.97 Å². The number of carbonyl (C=O) groups is 1. The molecule has 7 nitrogen and oxygen atoms in total. The number of halogens is 1. The minimum absolute atomic E-state index is 0.0333. The molecule has 2 aromatic heterocycles. The highest BCUT2D eigenvalue weighted by Crippen LogP contribution is 2.14. The van der Waals surface area contributed by atoms with Gasteiger partial charge in [-0.15, -0.1) is 11.3 Å². The van der Waals surface area contributed by atoms with E-state index >= 15 is 0 Å². The van der Waals surface area contributed by atoms with E-state index in [2.05, 4.69) is 30.6 Å². The number of pyridine rings is 1. The van der Waals surface area contributed by atoms with E-state index in [4.69, 9.17) is 5.11 Å². The van der Waals surface area contributed by atoms with Gasteiger partial charge in [0.25, 0.3) is 0 Å². The first kappa shape index (κ1) is 16.0. The molecule has 0 aliphatic rings. The molecule has 10 heteroatoms. The lowest BCUT2D eigenvalue weighted by atomic mass is 10.4. The third-order valence-corrected chi connectivity index (χ3v) is 5.16. The minimum atomic E-state index is -3.64. The number of nitrogens with one attached hydrogen (secondary N) is 1. The van der Waals surface area contributed by atoms with Crippen LogP contribution in [-0.2, 0) is 16.4 Å². The molecule has 0 aliphatic heterocycles. The summed E-state index contributed by atoms with van der Waals surface area (Å²) in [6.07, 6.45) is 3.06. The molecule has 0 atom stereocenters. The van der Waals surface area contributed by atoms with E-state index in [1.807, 2.05) is 0 Å². The lowest BCUT2D eigenvalue weighted by molar-refractivity contribution is 0.0691. The maximum absolute atomic E-state index is 12.0. The van der Waals surface area contributed by atoms with Crippen molar-refractivity contribution in [3.05, 3.63) is 39.0 Å². The summed E-state index contributed by atoms with van der Waals surface area (Å²) < 4.78 is 27.0. The fourth-order valence-electron chi connectivity index (χ4n) is 1.44. The smallest absolute Gasteiger partial charge is 0.355 e. The molecule has 2 N–H and O–H groups in total. The predicted octanol–water partition coefficient (Wildman–Crippen LogP) is 1.52. The van der Waals surface area contributed by atoms with Crippen molar-refractivity contribution < 1.29 is 18.3 Å². The van der Waals surface area contributed by atoms with Crippen molar-refractivity contribution in [1.82, 2.24) is 14.7 Å². The van der Waals surface area contributed by atoms with Crippen LogP contribution in [-0.4, -0.2) is 36.0 Å². The summed E-state index contributed by atoms with van der Waals surface area (Å²) in [4.78, 5) is 18.4. The molecule has 0 bridgehead atoms. The standard InChI is InChI=1S/C11H10BrN3O4S2/c12-7-3-8(5-13-4-7)21(18,19)14-2-1-10-15-9(6-20-10)11(16)17/h3-6,14H,1-2H2,(H,16,17). The van der Waals surface area contributed by atoms with Gasteiger partial charge in [0, 0.05) is 35.2 Å². The molecule has 2 rings (SSSR count). The molecule has 0 radical (unpaired) electrons. The van der Waals surface area contributed by atoms with Gasteiger partial charge in [-0.25, -0.2) is 22.9 Å². The minimum Gasteiger partial charge on any atom is -0.476 e. The Morgan fingerprint density at radius 3 is 2.81 bits per heavy atom. The van der Waals surface area contributed by atoms with Gasteiger partial charge in [-0.05, 0) is 22.0 Å². The Morgan fingerprint density at radius 1 is 1.43 bits per heavy atom. The van der Waals surface area contributed by atoms with Crippen LogP contribution < -0.4 is 4.72 Å². The third kappa shape index (κ3) is 4.30. The molecule has 0 saturated heterocycles. The molecule has 0 amide bonds. The Bertz CT molecular complexity index is 760. The maximum atomic E-state index is 12.0. The lowest BCUT2D eigenvalue weighted by Crippen LogP contribution is -2.26. The molecule has 0 saturated carbocycles. The van der Waals surface area contributed by atoms with E-state index in [1.165, 1.54) is 35.2 Å². The molecular weight excluding hydrogens is 382 g/mol. The first-order valence-electron chi connectivity index (χ1n) is 5.66. The van der Waals surface area contributed by atoms with Crippen LogP contribution in [0.4, 0.5) is 0 Å². The molecule has 112 valence electrons. The molecule has 21 heavy (non-hydrogen) atoms. The normalized spacial score (nSPS) is 11.5. The Morgan fingerprint density at radius 2 is 2.19 bits per heavy atom. The van der Waals surface area contributed by atoms with E-state index in [0.717, 1.165) is 0 Å². The fourth-order valence-corrected chi connectivity index (χ4v) is 3.75. The zero-order chi connectivity index (χ0) is 15.5. The number of aromatic carboxylic acids is 1. The summed E-state index contributed by atoms with van der Waals surface area (Å²) in [5, 5.41) is 10.7. The number of sulfonamides is 1. The highest BCUT2D eigenvalue weighted by molar-refractivity contribution is 9.10. The summed E-state index contributed by atoms with van der Waals surface area (Å²) in [6.45, 7) is 0.126. The van der Waals surface area contributed by atoms with Crippen LogP contribution in [0.5, 0.6) is 0 Å². The summed E-state index contributed by atoms with van der Waals surface area (Å²) in [5.41, 5.74) is -0.0333. The average molecular weight is 392 g/mol. The van der Waals surface area contributed by atoms with Crippen LogP contribution in [0.3, 0.4) is 0 Å². The van der Waals surface area contributed by atoms with Gasteiger partial charge in [-0.1, -0.05) is 0 Å². The lowest BCUT2D eigenvalue weighted by Gasteiger charge is -2.05. The average Bonchev–Trinajstić information content (AvgIpc) is 2.87. The van der Waals surface area contributed by atoms with Gasteiger partial charge in [0.1, 0.15) is 4.90 Å². The molecule has 2 aromatic rings. The Labute approximate surface area is 133 Å². The predicted molar refractivity (Wildman–Crippen MR) is 79.9 cm³/mol. The number of carboxylic acid groups (broad SMARTS) is 1. The molecule has 0 spiro atoms. The van der Waals surface area contributed by atoms with Crippen LogP contribution in [0.25, 0.3) is 0 Å². The Kier molecular flexibility index (Phi) is 5.04. The zero-order valence-electron chi connectivity index (χ0n) is 10.5. The number of thiazole rings is 1. The summed E-state index contributed by atoms with van der Waals surface area (Å²) >= 11 is 4.34. The second-order valence-corrected chi connectivity index (χ2v) is 7.54. The largest absolute Gasteiger partial charge is 0.476 e. The second-order valence-electron chi connectivity index (χ2n) is 3.92. The number of hydrogen-bond donors (Lipinski definition) is 2. The van der Waals surface area contributed by atoms with Crippen LogP contribution in [0.1, 0.15) is 15.5 Å². The van der Waals surface area contributed by atoms with Crippen molar-refractivity contribution in [3.8, 4) is 0 Å². The van der Waals surface area contributed by atoms with Crippen molar-refractivity contribution in [2.24, 2.45) is 0 Å². The zero-order valence-corrected chi connectivity index (χ0v) is 13.7. The van der Waals surface area contributed by atoms with Crippen molar-refractivity contribution in [3.63, 3.8) is 0 Å². The first-order chi connectivity index (χ1) is 9.88. The van der Waals surface area contributed by atoms with Gasteiger partial charge in [0.2, 0.25) is 10.0 Å². The number of rotatable bonds is 6. The van der Waals surface area contributed by atoms with Gasteiger partial charge in [0.05, 0.1) is 5.01 Å². The second kappa shape index (κ2) is 6.60. The van der Waals surface area contributed by atoms with Crippen LogP contribution in [0, 0.1) is 0 Å². The number of carboxylic acids is 1. The maximum Gasteiger partial charge on any atom is 0.355 e. The van der Waals surface area contributed by atoms with Crippen LogP contribution >= 0.6 is 27.3 Å². The highest BCUT2D eigenvalue weighted by Gasteiger charge is 2.15. The monoisotopic (exact) mass is 391 g/mol.